The third kappa shape index (κ3) is 6.86. The fraction of sp³-hybridized carbons (Fsp3) is 0.231. The van der Waals surface area contributed by atoms with Crippen molar-refractivity contribution in [2.75, 3.05) is 13.1 Å². The number of aromatic nitrogens is 1. The van der Waals surface area contributed by atoms with E-state index in [1.807, 2.05) is 37.3 Å². The number of carbonyl (C=O) groups excluding carboxylic acids is 1. The number of furan rings is 1. The highest BCUT2D eigenvalue weighted by Gasteiger charge is 2.08. The SMILES string of the molecule is CCNC(=NCc1cccc(C(=O)NCc2ccco2)c1)NCCc1c[nH]c2ccccc12.I. The van der Waals surface area contributed by atoms with E-state index in [1.54, 1.807) is 18.4 Å². The number of hydrogen-bond donors (Lipinski definition) is 4. The molecule has 0 aliphatic heterocycles. The summed E-state index contributed by atoms with van der Waals surface area (Å²) in [7, 11) is 0. The first-order valence-corrected chi connectivity index (χ1v) is 11.2. The summed E-state index contributed by atoms with van der Waals surface area (Å²) in [5.74, 6) is 1.34. The second kappa shape index (κ2) is 12.8. The van der Waals surface area contributed by atoms with Gasteiger partial charge in [0.25, 0.3) is 5.91 Å². The van der Waals surface area contributed by atoms with Crippen molar-refractivity contribution in [2.24, 2.45) is 4.99 Å². The number of halogens is 1. The zero-order valence-electron chi connectivity index (χ0n) is 19.1. The lowest BCUT2D eigenvalue weighted by Crippen LogP contribution is -2.38. The molecule has 0 saturated heterocycles. The van der Waals surface area contributed by atoms with Crippen LogP contribution in [-0.2, 0) is 19.5 Å². The molecule has 34 heavy (non-hydrogen) atoms. The Labute approximate surface area is 216 Å². The molecule has 0 saturated carbocycles. The molecule has 4 rings (SSSR count). The Kier molecular flexibility index (Phi) is 9.57. The lowest BCUT2D eigenvalue weighted by molar-refractivity contribution is 0.0948. The minimum absolute atomic E-state index is 0. The number of aliphatic imine (C=N–C) groups is 1. The minimum Gasteiger partial charge on any atom is -0.467 e. The van der Waals surface area contributed by atoms with E-state index >= 15 is 0 Å². The Balaban J connectivity index is 0.00000324. The maximum atomic E-state index is 12.5. The van der Waals surface area contributed by atoms with Crippen LogP contribution in [0.15, 0.2) is 82.5 Å². The number of rotatable bonds is 9. The molecule has 8 heteroatoms. The highest BCUT2D eigenvalue weighted by Crippen LogP contribution is 2.17. The normalized spacial score (nSPS) is 11.1. The number of aromatic amines is 1. The molecule has 0 aliphatic carbocycles. The molecule has 178 valence electrons. The Morgan fingerprint density at radius 3 is 2.74 bits per heavy atom. The largest absolute Gasteiger partial charge is 0.467 e. The third-order valence-corrected chi connectivity index (χ3v) is 5.32. The average molecular weight is 571 g/mol. The van der Waals surface area contributed by atoms with Gasteiger partial charge in [0.2, 0.25) is 0 Å². The number of amides is 1. The molecule has 0 spiro atoms. The molecule has 4 aromatic rings. The van der Waals surface area contributed by atoms with Gasteiger partial charge in [0, 0.05) is 35.8 Å². The Morgan fingerprint density at radius 2 is 1.91 bits per heavy atom. The molecule has 2 aromatic heterocycles. The number of carbonyl (C=O) groups is 1. The molecule has 0 unspecified atom stereocenters. The van der Waals surface area contributed by atoms with Crippen LogP contribution in [0, 0.1) is 0 Å². The van der Waals surface area contributed by atoms with Gasteiger partial charge in [-0.1, -0.05) is 30.3 Å². The number of para-hydroxylation sites is 1. The summed E-state index contributed by atoms with van der Waals surface area (Å²) in [6, 6.07) is 19.5. The number of H-pyrrole nitrogens is 1. The topological polar surface area (TPSA) is 94.4 Å². The van der Waals surface area contributed by atoms with Crippen LogP contribution in [0.1, 0.15) is 34.2 Å². The number of guanidine groups is 1. The monoisotopic (exact) mass is 571 g/mol. The Hall–Kier alpha value is -3.27. The molecule has 0 bridgehead atoms. The van der Waals surface area contributed by atoms with E-state index in [-0.39, 0.29) is 29.9 Å². The standard InChI is InChI=1S/C26H29N5O2.HI/c1-2-27-26(28-13-12-21-17-29-24-11-4-3-10-23(21)24)31-16-19-7-5-8-20(15-19)25(32)30-18-22-9-6-14-33-22;/h3-11,14-15,17,29H,2,12-13,16,18H2,1H3,(H,30,32)(H2,27,28,31);1H. The van der Waals surface area contributed by atoms with E-state index < -0.39 is 0 Å². The smallest absolute Gasteiger partial charge is 0.251 e. The first-order chi connectivity index (χ1) is 16.2. The summed E-state index contributed by atoms with van der Waals surface area (Å²) in [5, 5.41) is 10.8. The van der Waals surface area contributed by atoms with E-state index in [0.29, 0.717) is 18.7 Å². The summed E-state index contributed by atoms with van der Waals surface area (Å²) in [4.78, 5) is 20.5. The summed E-state index contributed by atoms with van der Waals surface area (Å²) >= 11 is 0. The molecular formula is C26H30IN5O2. The summed E-state index contributed by atoms with van der Waals surface area (Å²) < 4.78 is 5.26. The van der Waals surface area contributed by atoms with Crippen LogP contribution in [0.4, 0.5) is 0 Å². The number of nitrogens with one attached hydrogen (secondary N) is 4. The van der Waals surface area contributed by atoms with Crippen molar-refractivity contribution in [2.45, 2.75) is 26.4 Å². The number of hydrogen-bond acceptors (Lipinski definition) is 3. The quantitative estimate of drug-likeness (QED) is 0.134. The van der Waals surface area contributed by atoms with Gasteiger partial charge in [-0.05, 0) is 54.8 Å². The Morgan fingerprint density at radius 1 is 1.03 bits per heavy atom. The molecule has 2 heterocycles. The second-order valence-electron chi connectivity index (χ2n) is 7.69. The fourth-order valence-electron chi connectivity index (χ4n) is 3.66. The zero-order valence-corrected chi connectivity index (χ0v) is 21.5. The fourth-order valence-corrected chi connectivity index (χ4v) is 3.66. The van der Waals surface area contributed by atoms with Crippen molar-refractivity contribution in [3.05, 3.63) is 95.6 Å². The molecule has 7 nitrogen and oxygen atoms in total. The van der Waals surface area contributed by atoms with Crippen molar-refractivity contribution in [3.63, 3.8) is 0 Å². The van der Waals surface area contributed by atoms with Crippen LogP contribution in [-0.4, -0.2) is 29.9 Å². The lowest BCUT2D eigenvalue weighted by Gasteiger charge is -2.11. The maximum Gasteiger partial charge on any atom is 0.251 e. The van der Waals surface area contributed by atoms with Crippen LogP contribution < -0.4 is 16.0 Å². The van der Waals surface area contributed by atoms with Crippen LogP contribution >= 0.6 is 24.0 Å². The predicted molar refractivity (Wildman–Crippen MR) is 147 cm³/mol. The summed E-state index contributed by atoms with van der Waals surface area (Å²) in [5.41, 5.74) is 4.00. The van der Waals surface area contributed by atoms with Gasteiger partial charge in [-0.15, -0.1) is 24.0 Å². The van der Waals surface area contributed by atoms with Crippen LogP contribution in [0.25, 0.3) is 10.9 Å². The number of benzene rings is 2. The van der Waals surface area contributed by atoms with Crippen molar-refractivity contribution in [1.82, 2.24) is 20.9 Å². The third-order valence-electron chi connectivity index (χ3n) is 5.32. The molecule has 0 fully saturated rings. The van der Waals surface area contributed by atoms with Gasteiger partial charge in [-0.3, -0.25) is 4.79 Å². The summed E-state index contributed by atoms with van der Waals surface area (Å²) in [6.07, 6.45) is 4.55. The average Bonchev–Trinajstić information content (AvgIpc) is 3.51. The highest BCUT2D eigenvalue weighted by molar-refractivity contribution is 14.0. The van der Waals surface area contributed by atoms with Crippen LogP contribution in [0.5, 0.6) is 0 Å². The van der Waals surface area contributed by atoms with Gasteiger partial charge in [0.15, 0.2) is 5.96 Å². The molecule has 4 N–H and O–H groups in total. The van der Waals surface area contributed by atoms with Crippen molar-refractivity contribution in [1.29, 1.82) is 0 Å². The van der Waals surface area contributed by atoms with Crippen molar-refractivity contribution in [3.8, 4) is 0 Å². The highest BCUT2D eigenvalue weighted by atomic mass is 127. The molecule has 0 aliphatic rings. The van der Waals surface area contributed by atoms with E-state index in [4.69, 9.17) is 9.41 Å². The van der Waals surface area contributed by atoms with E-state index in [1.165, 1.54) is 10.9 Å². The first kappa shape index (κ1) is 25.4. The molecule has 1 amide bonds. The molecular weight excluding hydrogens is 541 g/mol. The van der Waals surface area contributed by atoms with Crippen molar-refractivity contribution < 1.29 is 9.21 Å². The molecule has 0 atom stereocenters. The Bertz CT molecular complexity index is 1220. The van der Waals surface area contributed by atoms with Gasteiger partial charge in [-0.25, -0.2) is 4.99 Å². The van der Waals surface area contributed by atoms with Gasteiger partial charge in [0.1, 0.15) is 5.76 Å². The van der Waals surface area contributed by atoms with Crippen LogP contribution in [0.2, 0.25) is 0 Å². The van der Waals surface area contributed by atoms with E-state index in [9.17, 15) is 4.79 Å². The number of nitrogens with zero attached hydrogens (tertiary/aromatic N) is 1. The predicted octanol–water partition coefficient (Wildman–Crippen LogP) is 4.61. The molecule has 0 radical (unpaired) electrons. The van der Waals surface area contributed by atoms with Gasteiger partial charge >= 0.3 is 0 Å². The van der Waals surface area contributed by atoms with E-state index in [0.717, 1.165) is 42.3 Å². The van der Waals surface area contributed by atoms with Gasteiger partial charge < -0.3 is 25.4 Å². The van der Waals surface area contributed by atoms with Gasteiger partial charge in [0.05, 0.1) is 19.4 Å². The van der Waals surface area contributed by atoms with Crippen molar-refractivity contribution >= 4 is 46.7 Å². The zero-order chi connectivity index (χ0) is 22.9. The lowest BCUT2D eigenvalue weighted by atomic mass is 10.1. The first-order valence-electron chi connectivity index (χ1n) is 11.2. The van der Waals surface area contributed by atoms with Crippen LogP contribution in [0.3, 0.4) is 0 Å². The second-order valence-corrected chi connectivity index (χ2v) is 7.69. The maximum absolute atomic E-state index is 12.5. The minimum atomic E-state index is -0.138. The number of fused-ring (bicyclic) bond motifs is 1. The summed E-state index contributed by atoms with van der Waals surface area (Å²) in [6.45, 7) is 4.42. The molecule has 2 aromatic carbocycles. The van der Waals surface area contributed by atoms with E-state index in [2.05, 4.69) is 45.3 Å². The van der Waals surface area contributed by atoms with Gasteiger partial charge in [-0.2, -0.15) is 0 Å².